The van der Waals surface area contributed by atoms with Crippen LogP contribution in [0.4, 0.5) is 0 Å². The number of rotatable bonds is 0. The van der Waals surface area contributed by atoms with Crippen molar-refractivity contribution in [1.82, 2.24) is 0 Å². The third-order valence-electron chi connectivity index (χ3n) is 1.82. The molecule has 0 saturated heterocycles. The summed E-state index contributed by atoms with van der Waals surface area (Å²) < 4.78 is 0. The summed E-state index contributed by atoms with van der Waals surface area (Å²) in [6.07, 6.45) is 0. The van der Waals surface area contributed by atoms with Crippen LogP contribution in [0.15, 0.2) is 91.0 Å². The number of hydrogen-bond donors (Lipinski definition) is 0. The van der Waals surface area contributed by atoms with Gasteiger partial charge in [0.15, 0.2) is 0 Å². The molecule has 0 amide bonds. The molecule has 20 heavy (non-hydrogen) atoms. The van der Waals surface area contributed by atoms with E-state index in [9.17, 15) is 0 Å². The minimum atomic E-state index is 0. The summed E-state index contributed by atoms with van der Waals surface area (Å²) in [5, 5.41) is 0. The van der Waals surface area contributed by atoms with E-state index in [2.05, 4.69) is 18.2 Å². The molecule has 0 aromatic heterocycles. The van der Waals surface area contributed by atoms with E-state index >= 15 is 0 Å². The molecule has 0 unspecified atom stereocenters. The topological polar surface area (TPSA) is 0 Å². The van der Waals surface area contributed by atoms with Gasteiger partial charge in [0.1, 0.15) is 0 Å². The molecule has 0 N–H and O–H groups in total. The van der Waals surface area contributed by atoms with E-state index in [1.54, 1.807) is 0 Å². The Labute approximate surface area is 154 Å². The number of benzene rings is 3. The van der Waals surface area contributed by atoms with Crippen molar-refractivity contribution in [2.45, 2.75) is 0 Å². The van der Waals surface area contributed by atoms with Gasteiger partial charge in [0.05, 0.1) is 0 Å². The van der Waals surface area contributed by atoms with Crippen LogP contribution in [0.1, 0.15) is 0 Å². The molecule has 0 spiro atoms. The van der Waals surface area contributed by atoms with Crippen molar-refractivity contribution >= 4 is 18.9 Å². The molecule has 0 bridgehead atoms. The normalized spacial score (nSPS) is 7.20. The fourth-order valence-electron chi connectivity index (χ4n) is 1.03. The van der Waals surface area contributed by atoms with Gasteiger partial charge in [0, 0.05) is 46.2 Å². The van der Waals surface area contributed by atoms with Crippen LogP contribution >= 0.6 is 0 Å². The summed E-state index contributed by atoms with van der Waals surface area (Å²) in [4.78, 5) is 0. The zero-order chi connectivity index (χ0) is 12.7. The van der Waals surface area contributed by atoms with Gasteiger partial charge in [0.2, 0.25) is 0 Å². The van der Waals surface area contributed by atoms with E-state index < -0.39 is 0 Å². The van der Waals surface area contributed by atoms with Crippen LogP contribution in [0.5, 0.6) is 0 Å². The third-order valence-corrected chi connectivity index (χ3v) is 1.82. The predicted octanol–water partition coefficient (Wildman–Crippen LogP) is 4.08. The predicted molar refractivity (Wildman–Crippen MR) is 81.6 cm³/mol. The van der Waals surface area contributed by atoms with Gasteiger partial charge in [0.25, 0.3) is 0 Å². The molecule has 0 aliphatic heterocycles. The van der Waals surface area contributed by atoms with Crippen LogP contribution in [-0.4, -0.2) is 18.9 Å². The monoisotopic (exact) mass is 352 g/mol. The first-order chi connectivity index (χ1) is 9.00. The Bertz CT molecular complexity index is 302. The standard InChI is InChI=1S/3C6H5.Cd.Li/c3*1-2-4-6-5-3-1;;/h3*1-5H;;/q3*-1;;. The van der Waals surface area contributed by atoms with Crippen molar-refractivity contribution < 1.29 is 27.3 Å². The van der Waals surface area contributed by atoms with E-state index in [1.165, 1.54) is 0 Å². The molecule has 93 valence electrons. The van der Waals surface area contributed by atoms with Crippen molar-refractivity contribution in [3.8, 4) is 0 Å². The second-order valence-corrected chi connectivity index (χ2v) is 3.23. The fourth-order valence-corrected chi connectivity index (χ4v) is 1.03. The van der Waals surface area contributed by atoms with Gasteiger partial charge in [-0.15, -0.1) is 0 Å². The van der Waals surface area contributed by atoms with Gasteiger partial charge in [-0.1, -0.05) is 0 Å². The molecule has 3 aromatic rings. The summed E-state index contributed by atoms with van der Waals surface area (Å²) >= 11 is 0. The van der Waals surface area contributed by atoms with Gasteiger partial charge in [-0.05, 0) is 0 Å². The average molecular weight is 351 g/mol. The Morgan fingerprint density at radius 2 is 0.550 bits per heavy atom. The SMILES string of the molecule is [Cd].[Li].[c-]1ccccc1.[c-]1ccccc1.[c-]1ccccc1. The molecule has 0 atom stereocenters. The van der Waals surface area contributed by atoms with E-state index in [1.807, 2.05) is 91.0 Å². The Morgan fingerprint density at radius 3 is 0.600 bits per heavy atom. The van der Waals surface area contributed by atoms with E-state index in [-0.39, 0.29) is 46.2 Å². The third kappa shape index (κ3) is 15.2. The van der Waals surface area contributed by atoms with Crippen molar-refractivity contribution in [2.24, 2.45) is 0 Å². The molecule has 0 heterocycles. The zero-order valence-electron chi connectivity index (χ0n) is 11.9. The molecular formula is C18H15CdLi-3. The molecular weight excluding hydrogens is 336 g/mol. The van der Waals surface area contributed by atoms with Gasteiger partial charge < -0.3 is 0 Å². The molecule has 3 aromatic carbocycles. The molecule has 0 saturated carbocycles. The maximum Gasteiger partial charge on any atom is 0 e. The van der Waals surface area contributed by atoms with Crippen molar-refractivity contribution in [2.75, 3.05) is 0 Å². The Hall–Kier alpha value is -0.821. The molecule has 0 aliphatic rings. The minimum absolute atomic E-state index is 0. The first-order valence-corrected chi connectivity index (χ1v) is 5.73. The average Bonchev–Trinajstić information content (AvgIpc) is 2.54. The minimum Gasteiger partial charge on any atom is -0.184 e. The summed E-state index contributed by atoms with van der Waals surface area (Å²) in [5.74, 6) is 0. The second kappa shape index (κ2) is 18.2. The van der Waals surface area contributed by atoms with E-state index in [4.69, 9.17) is 0 Å². The smallest absolute Gasteiger partial charge is 0 e. The summed E-state index contributed by atoms with van der Waals surface area (Å²) in [7, 11) is 0. The van der Waals surface area contributed by atoms with Crippen LogP contribution in [0.3, 0.4) is 0 Å². The van der Waals surface area contributed by atoms with Crippen LogP contribution in [0.2, 0.25) is 0 Å². The zero-order valence-corrected chi connectivity index (χ0v) is 15.9. The maximum absolute atomic E-state index is 2.89. The Balaban J connectivity index is 0. The fraction of sp³-hybridized carbons (Fsp3) is 0. The van der Waals surface area contributed by atoms with Gasteiger partial charge in [-0.25, -0.2) is 0 Å². The van der Waals surface area contributed by atoms with Crippen LogP contribution < -0.4 is 0 Å². The first kappa shape index (κ1) is 21.5. The van der Waals surface area contributed by atoms with E-state index in [0.29, 0.717) is 0 Å². The molecule has 0 nitrogen and oxygen atoms in total. The summed E-state index contributed by atoms with van der Waals surface area (Å²) in [6, 6.07) is 37.5. The molecule has 3 rings (SSSR count). The van der Waals surface area contributed by atoms with Gasteiger partial charge >= 0.3 is 0 Å². The van der Waals surface area contributed by atoms with Crippen molar-refractivity contribution in [3.05, 3.63) is 109 Å². The summed E-state index contributed by atoms with van der Waals surface area (Å²) in [5.41, 5.74) is 0. The molecule has 0 aliphatic carbocycles. The molecule has 2 heteroatoms. The van der Waals surface area contributed by atoms with Crippen LogP contribution in [0.25, 0.3) is 0 Å². The second-order valence-electron chi connectivity index (χ2n) is 3.23. The van der Waals surface area contributed by atoms with Crippen molar-refractivity contribution in [3.63, 3.8) is 0 Å². The summed E-state index contributed by atoms with van der Waals surface area (Å²) in [6.45, 7) is 0. The van der Waals surface area contributed by atoms with Gasteiger partial charge in [-0.2, -0.15) is 109 Å². The van der Waals surface area contributed by atoms with Crippen LogP contribution in [0, 0.1) is 18.2 Å². The number of hydrogen-bond acceptors (Lipinski definition) is 0. The first-order valence-electron chi connectivity index (χ1n) is 5.73. The van der Waals surface area contributed by atoms with Crippen LogP contribution in [-0.2, 0) is 27.3 Å². The maximum atomic E-state index is 2.89. The molecule has 1 radical (unpaired) electrons. The molecule has 0 fully saturated rings. The van der Waals surface area contributed by atoms with E-state index in [0.717, 1.165) is 0 Å². The Kier molecular flexibility index (Phi) is 19.5. The largest absolute Gasteiger partial charge is 0.184 e. The van der Waals surface area contributed by atoms with Gasteiger partial charge in [-0.3, -0.25) is 0 Å². The van der Waals surface area contributed by atoms with Crippen molar-refractivity contribution in [1.29, 1.82) is 0 Å². The Morgan fingerprint density at radius 1 is 0.350 bits per heavy atom. The quantitative estimate of drug-likeness (QED) is 0.423.